The van der Waals surface area contributed by atoms with E-state index in [2.05, 4.69) is 4.72 Å². The number of nitrogens with one attached hydrogen (secondary N) is 1. The van der Waals surface area contributed by atoms with Crippen molar-refractivity contribution in [1.82, 2.24) is 9.62 Å². The molecule has 0 aromatic heterocycles. The number of amides is 1. The van der Waals surface area contributed by atoms with Gasteiger partial charge in [-0.2, -0.15) is 0 Å². The van der Waals surface area contributed by atoms with E-state index >= 15 is 0 Å². The molecule has 25 heavy (non-hydrogen) atoms. The van der Waals surface area contributed by atoms with Crippen molar-refractivity contribution in [2.45, 2.75) is 43.4 Å². The minimum atomic E-state index is -3.75. The smallest absolute Gasteiger partial charge is 0.326 e. The number of methoxy groups -OCH3 is 1. The van der Waals surface area contributed by atoms with Gasteiger partial charge in [0, 0.05) is 31.7 Å². The van der Waals surface area contributed by atoms with Crippen molar-refractivity contribution >= 4 is 21.9 Å². The molecule has 2 unspecified atom stereocenters. The van der Waals surface area contributed by atoms with E-state index < -0.39 is 27.9 Å². The second-order valence-corrected chi connectivity index (χ2v) is 7.92. The first kappa shape index (κ1) is 19.4. The van der Waals surface area contributed by atoms with E-state index in [9.17, 15) is 23.1 Å². The second kappa shape index (κ2) is 7.51. The molecule has 0 aliphatic carbocycles. The number of aliphatic carboxylic acids is 1. The number of carboxylic acid groups (broad SMARTS) is 1. The van der Waals surface area contributed by atoms with Crippen molar-refractivity contribution in [3.8, 4) is 0 Å². The van der Waals surface area contributed by atoms with E-state index in [0.29, 0.717) is 0 Å². The van der Waals surface area contributed by atoms with Crippen molar-refractivity contribution < 1.29 is 27.9 Å². The Morgan fingerprint density at radius 3 is 2.60 bits per heavy atom. The van der Waals surface area contributed by atoms with Crippen molar-refractivity contribution in [3.63, 3.8) is 0 Å². The van der Waals surface area contributed by atoms with Crippen LogP contribution in [0, 0.1) is 0 Å². The number of hydrogen-bond donors (Lipinski definition) is 2. The molecule has 0 spiro atoms. The fraction of sp³-hybridized carbons (Fsp3) is 0.500. The number of nitrogens with zero attached hydrogens (tertiary/aromatic N) is 1. The Morgan fingerprint density at radius 2 is 2.04 bits per heavy atom. The molecule has 0 bridgehead atoms. The van der Waals surface area contributed by atoms with Gasteiger partial charge in [-0.15, -0.1) is 0 Å². The molecule has 2 rings (SSSR count). The molecule has 1 aliphatic heterocycles. The summed E-state index contributed by atoms with van der Waals surface area (Å²) in [6.45, 7) is 3.53. The number of benzene rings is 1. The maximum atomic E-state index is 12.7. The zero-order chi connectivity index (χ0) is 18.8. The molecule has 9 heteroatoms. The molecule has 1 amide bonds. The second-order valence-electron chi connectivity index (χ2n) is 6.21. The largest absolute Gasteiger partial charge is 0.480 e. The molecule has 0 radical (unpaired) electrons. The number of ether oxygens (including phenoxy) is 1. The fourth-order valence-electron chi connectivity index (χ4n) is 2.77. The first-order chi connectivity index (χ1) is 11.7. The van der Waals surface area contributed by atoms with Gasteiger partial charge >= 0.3 is 5.97 Å². The fourth-order valence-corrected chi connectivity index (χ4v) is 4.06. The van der Waals surface area contributed by atoms with Gasteiger partial charge in [-0.25, -0.2) is 17.9 Å². The van der Waals surface area contributed by atoms with Crippen LogP contribution in [0.4, 0.5) is 0 Å². The molecule has 2 atom stereocenters. The lowest BCUT2D eigenvalue weighted by molar-refractivity contribution is -0.141. The summed E-state index contributed by atoms with van der Waals surface area (Å²) in [6, 6.07) is 4.29. The van der Waals surface area contributed by atoms with E-state index in [0.717, 1.165) is 0 Å². The summed E-state index contributed by atoms with van der Waals surface area (Å²) in [5, 5.41) is 9.32. The third kappa shape index (κ3) is 4.36. The van der Waals surface area contributed by atoms with Crippen LogP contribution in [0.15, 0.2) is 29.2 Å². The first-order valence-corrected chi connectivity index (χ1v) is 9.33. The minimum Gasteiger partial charge on any atom is -0.480 e. The number of carbonyl (C=O) groups excluding carboxylic acids is 1. The molecular weight excluding hydrogens is 348 g/mol. The Labute approximate surface area is 146 Å². The monoisotopic (exact) mass is 370 g/mol. The highest BCUT2D eigenvalue weighted by atomic mass is 32.2. The van der Waals surface area contributed by atoms with Gasteiger partial charge in [0.05, 0.1) is 11.0 Å². The van der Waals surface area contributed by atoms with E-state index in [1.165, 1.54) is 36.3 Å². The van der Waals surface area contributed by atoms with Crippen LogP contribution in [0.3, 0.4) is 0 Å². The van der Waals surface area contributed by atoms with Gasteiger partial charge in [0.1, 0.15) is 6.04 Å². The Kier molecular flexibility index (Phi) is 5.81. The Balaban J connectivity index is 2.31. The van der Waals surface area contributed by atoms with Crippen LogP contribution >= 0.6 is 0 Å². The average molecular weight is 370 g/mol. The zero-order valence-corrected chi connectivity index (χ0v) is 15.1. The maximum absolute atomic E-state index is 12.7. The van der Waals surface area contributed by atoms with Crippen LogP contribution in [-0.2, 0) is 19.6 Å². The molecule has 1 aliphatic rings. The van der Waals surface area contributed by atoms with Crippen molar-refractivity contribution in [2.24, 2.45) is 0 Å². The first-order valence-electron chi connectivity index (χ1n) is 7.84. The molecule has 2 N–H and O–H groups in total. The van der Waals surface area contributed by atoms with Gasteiger partial charge in [0.15, 0.2) is 0 Å². The molecule has 1 heterocycles. The molecular formula is C16H22N2O6S. The van der Waals surface area contributed by atoms with Gasteiger partial charge < -0.3 is 14.7 Å². The lowest BCUT2D eigenvalue weighted by Gasteiger charge is -2.21. The van der Waals surface area contributed by atoms with Crippen LogP contribution in [0.25, 0.3) is 0 Å². The SMILES string of the molecule is COC1CC(C(=O)O)N(C(=O)c2cccc(S(=O)(=O)NC(C)C)c2)C1. The van der Waals surface area contributed by atoms with E-state index in [-0.39, 0.29) is 35.6 Å². The van der Waals surface area contributed by atoms with Gasteiger partial charge in [-0.05, 0) is 32.0 Å². The van der Waals surface area contributed by atoms with Crippen LogP contribution in [0.1, 0.15) is 30.6 Å². The average Bonchev–Trinajstić information content (AvgIpc) is 2.98. The van der Waals surface area contributed by atoms with Gasteiger partial charge in [0.25, 0.3) is 5.91 Å². The molecule has 1 fully saturated rings. The quantitative estimate of drug-likeness (QED) is 0.762. The van der Waals surface area contributed by atoms with Crippen LogP contribution in [-0.4, -0.2) is 62.1 Å². The summed E-state index contributed by atoms with van der Waals surface area (Å²) in [5.41, 5.74) is 0.120. The highest BCUT2D eigenvalue weighted by molar-refractivity contribution is 7.89. The summed E-state index contributed by atoms with van der Waals surface area (Å²) in [5.74, 6) is -1.65. The number of sulfonamides is 1. The standard InChI is InChI=1S/C16H22N2O6S/c1-10(2)17-25(22,23)13-6-4-5-11(7-13)15(19)18-9-12(24-3)8-14(18)16(20)21/h4-7,10,12,14,17H,8-9H2,1-3H3,(H,20,21). The molecule has 8 nitrogen and oxygen atoms in total. The van der Waals surface area contributed by atoms with Crippen molar-refractivity contribution in [2.75, 3.05) is 13.7 Å². The Morgan fingerprint density at radius 1 is 1.36 bits per heavy atom. The van der Waals surface area contributed by atoms with Crippen LogP contribution in [0.2, 0.25) is 0 Å². The molecule has 1 aromatic rings. The maximum Gasteiger partial charge on any atom is 0.326 e. The van der Waals surface area contributed by atoms with Crippen molar-refractivity contribution in [3.05, 3.63) is 29.8 Å². The summed E-state index contributed by atoms with van der Waals surface area (Å²) in [6.07, 6.45) is -0.163. The molecule has 0 saturated carbocycles. The summed E-state index contributed by atoms with van der Waals surface area (Å²) >= 11 is 0. The summed E-state index contributed by atoms with van der Waals surface area (Å²) < 4.78 is 32.1. The van der Waals surface area contributed by atoms with Crippen LogP contribution in [0.5, 0.6) is 0 Å². The van der Waals surface area contributed by atoms with Crippen molar-refractivity contribution in [1.29, 1.82) is 0 Å². The lowest BCUT2D eigenvalue weighted by Crippen LogP contribution is -2.40. The van der Waals surface area contributed by atoms with E-state index in [1.54, 1.807) is 13.8 Å². The molecule has 1 aromatic carbocycles. The normalized spacial score (nSPS) is 20.9. The third-order valence-electron chi connectivity index (χ3n) is 3.92. The number of hydrogen-bond acceptors (Lipinski definition) is 5. The highest BCUT2D eigenvalue weighted by Crippen LogP contribution is 2.23. The predicted octanol–water partition coefficient (Wildman–Crippen LogP) is 0.687. The Bertz CT molecular complexity index is 762. The minimum absolute atomic E-state index is 0.0404. The van der Waals surface area contributed by atoms with Gasteiger partial charge in [0.2, 0.25) is 10.0 Å². The molecule has 138 valence electrons. The summed E-state index contributed by atoms with van der Waals surface area (Å²) in [4.78, 5) is 25.3. The number of carbonyl (C=O) groups is 2. The molecule has 1 saturated heterocycles. The number of likely N-dealkylation sites (tertiary alicyclic amines) is 1. The third-order valence-corrected chi connectivity index (χ3v) is 5.58. The number of carboxylic acids is 1. The van der Waals surface area contributed by atoms with E-state index in [4.69, 9.17) is 4.74 Å². The van der Waals surface area contributed by atoms with E-state index in [1.807, 2.05) is 0 Å². The van der Waals surface area contributed by atoms with Gasteiger partial charge in [-0.1, -0.05) is 6.07 Å². The zero-order valence-electron chi connectivity index (χ0n) is 14.3. The predicted molar refractivity (Wildman–Crippen MR) is 89.8 cm³/mol. The van der Waals surface area contributed by atoms with Gasteiger partial charge in [-0.3, -0.25) is 4.79 Å². The topological polar surface area (TPSA) is 113 Å². The number of rotatable bonds is 6. The lowest BCUT2D eigenvalue weighted by atomic mass is 10.1. The summed E-state index contributed by atoms with van der Waals surface area (Å²) in [7, 11) is -2.29. The Hall–Kier alpha value is -1.97. The highest BCUT2D eigenvalue weighted by Gasteiger charge is 2.40. The van der Waals surface area contributed by atoms with Crippen LogP contribution < -0.4 is 4.72 Å².